The van der Waals surface area contributed by atoms with Crippen LogP contribution in [0.1, 0.15) is 5.56 Å². The van der Waals surface area contributed by atoms with Crippen molar-refractivity contribution in [1.29, 1.82) is 0 Å². The predicted octanol–water partition coefficient (Wildman–Crippen LogP) is 3.93. The molecule has 0 radical (unpaired) electrons. The average Bonchev–Trinajstić information content (AvgIpc) is 3.04. The normalized spacial score (nSPS) is 11.1. The van der Waals surface area contributed by atoms with Crippen molar-refractivity contribution in [3.05, 3.63) is 66.2 Å². The van der Waals surface area contributed by atoms with Crippen molar-refractivity contribution < 1.29 is 9.84 Å². The maximum Gasteiger partial charge on any atom is 0.144 e. The fraction of sp³-hybridized carbons (Fsp3) is 0.182. The van der Waals surface area contributed by atoms with Crippen LogP contribution in [-0.4, -0.2) is 29.8 Å². The van der Waals surface area contributed by atoms with Crippen LogP contribution in [0, 0.1) is 0 Å². The Morgan fingerprint density at radius 1 is 0.963 bits per heavy atom. The summed E-state index contributed by atoms with van der Waals surface area (Å²) >= 11 is 0. The van der Waals surface area contributed by atoms with Gasteiger partial charge in [0.05, 0.1) is 11.2 Å². The lowest BCUT2D eigenvalue weighted by Crippen LogP contribution is -2.12. The maximum absolute atomic E-state index is 8.96. The number of nitrogens with two attached hydrogens (primary N) is 1. The molecule has 27 heavy (non-hydrogen) atoms. The van der Waals surface area contributed by atoms with Gasteiger partial charge in [-0.15, -0.1) is 0 Å². The van der Waals surface area contributed by atoms with E-state index in [2.05, 4.69) is 22.4 Å². The molecule has 4 aromatic rings. The number of aromatic nitrogens is 1. The van der Waals surface area contributed by atoms with E-state index in [4.69, 9.17) is 15.6 Å². The number of hydrogen-bond acceptors (Lipinski definition) is 4. The minimum absolute atomic E-state index is 0.169. The fourth-order valence-electron chi connectivity index (χ4n) is 3.29. The van der Waals surface area contributed by atoms with Gasteiger partial charge in [-0.05, 0) is 36.2 Å². The van der Waals surface area contributed by atoms with Crippen molar-refractivity contribution in [2.24, 2.45) is 0 Å². The molecule has 3 aromatic carbocycles. The summed E-state index contributed by atoms with van der Waals surface area (Å²) in [5, 5.41) is 14.6. The number of rotatable bonds is 7. The third kappa shape index (κ3) is 3.68. The lowest BCUT2D eigenvalue weighted by atomic mass is 10.1. The largest absolute Gasteiger partial charge is 0.490 e. The first-order valence-electron chi connectivity index (χ1n) is 9.11. The zero-order chi connectivity index (χ0) is 18.6. The van der Waals surface area contributed by atoms with Gasteiger partial charge in [-0.3, -0.25) is 0 Å². The molecule has 1 heterocycles. The third-order valence-electron chi connectivity index (χ3n) is 4.68. The van der Waals surface area contributed by atoms with Gasteiger partial charge in [-0.2, -0.15) is 0 Å². The number of aromatic amines is 1. The number of para-hydroxylation sites is 1. The average molecular weight is 361 g/mol. The summed E-state index contributed by atoms with van der Waals surface area (Å²) in [5.41, 5.74) is 11.1. The van der Waals surface area contributed by atoms with Gasteiger partial charge < -0.3 is 25.9 Å². The molecule has 4 rings (SSSR count). The standard InChI is InChI=1S/C22H23N3O2/c23-19-13-18-17-3-1-2-4-20(17)25-21(18)14-22(19)27-12-10-24-16-7-5-15(6-8-16)9-11-26/h1-8,13-14,24-26H,9-12,23H2. The van der Waals surface area contributed by atoms with E-state index in [0.717, 1.165) is 33.1 Å². The van der Waals surface area contributed by atoms with Crippen LogP contribution in [0.25, 0.3) is 21.8 Å². The van der Waals surface area contributed by atoms with Crippen LogP contribution in [-0.2, 0) is 6.42 Å². The Hall–Kier alpha value is -3.18. The minimum atomic E-state index is 0.169. The molecule has 138 valence electrons. The molecular formula is C22H23N3O2. The Morgan fingerprint density at radius 3 is 2.59 bits per heavy atom. The maximum atomic E-state index is 8.96. The van der Waals surface area contributed by atoms with E-state index < -0.39 is 0 Å². The Bertz CT molecular complexity index is 1050. The minimum Gasteiger partial charge on any atom is -0.490 e. The molecule has 0 atom stereocenters. The molecule has 0 amide bonds. The zero-order valence-electron chi connectivity index (χ0n) is 15.0. The monoisotopic (exact) mass is 361 g/mol. The first-order chi connectivity index (χ1) is 13.2. The lowest BCUT2D eigenvalue weighted by Gasteiger charge is -2.11. The van der Waals surface area contributed by atoms with Gasteiger partial charge in [0.1, 0.15) is 12.4 Å². The highest BCUT2D eigenvalue weighted by molar-refractivity contribution is 6.08. The van der Waals surface area contributed by atoms with E-state index >= 15 is 0 Å². The summed E-state index contributed by atoms with van der Waals surface area (Å²) < 4.78 is 5.88. The number of nitrogen functional groups attached to an aromatic ring is 1. The van der Waals surface area contributed by atoms with E-state index in [0.29, 0.717) is 31.0 Å². The number of ether oxygens (including phenoxy) is 1. The summed E-state index contributed by atoms with van der Waals surface area (Å²) in [7, 11) is 0. The lowest BCUT2D eigenvalue weighted by molar-refractivity contribution is 0.299. The van der Waals surface area contributed by atoms with Crippen molar-refractivity contribution >= 4 is 33.2 Å². The first-order valence-corrected chi connectivity index (χ1v) is 9.11. The molecule has 0 unspecified atom stereocenters. The molecule has 1 aromatic heterocycles. The van der Waals surface area contributed by atoms with Gasteiger partial charge in [0.2, 0.25) is 0 Å². The number of H-pyrrole nitrogens is 1. The molecular weight excluding hydrogens is 338 g/mol. The summed E-state index contributed by atoms with van der Waals surface area (Å²) in [6.45, 7) is 1.35. The van der Waals surface area contributed by atoms with Gasteiger partial charge in [-0.25, -0.2) is 0 Å². The van der Waals surface area contributed by atoms with Crippen LogP contribution in [0.5, 0.6) is 5.75 Å². The number of nitrogens with one attached hydrogen (secondary N) is 2. The number of aliphatic hydroxyl groups excluding tert-OH is 1. The second-order valence-corrected chi connectivity index (χ2v) is 6.55. The molecule has 0 spiro atoms. The van der Waals surface area contributed by atoms with Gasteiger partial charge in [-0.1, -0.05) is 30.3 Å². The number of fused-ring (bicyclic) bond motifs is 3. The van der Waals surface area contributed by atoms with E-state index in [1.807, 2.05) is 48.5 Å². The Kier molecular flexibility index (Phi) is 4.85. The van der Waals surface area contributed by atoms with Crippen molar-refractivity contribution in [1.82, 2.24) is 4.98 Å². The van der Waals surface area contributed by atoms with Crippen LogP contribution < -0.4 is 15.8 Å². The van der Waals surface area contributed by atoms with Crippen LogP contribution in [0.4, 0.5) is 11.4 Å². The van der Waals surface area contributed by atoms with Gasteiger partial charge in [0, 0.05) is 41.2 Å². The molecule has 5 N–H and O–H groups in total. The molecule has 0 fully saturated rings. The van der Waals surface area contributed by atoms with Crippen LogP contribution in [0.3, 0.4) is 0 Å². The van der Waals surface area contributed by atoms with Crippen molar-refractivity contribution in [2.75, 3.05) is 30.8 Å². The smallest absolute Gasteiger partial charge is 0.144 e. The number of anilines is 2. The highest BCUT2D eigenvalue weighted by Gasteiger charge is 2.08. The van der Waals surface area contributed by atoms with Crippen LogP contribution in [0.2, 0.25) is 0 Å². The summed E-state index contributed by atoms with van der Waals surface area (Å²) in [6, 6.07) is 20.2. The van der Waals surface area contributed by atoms with E-state index in [9.17, 15) is 0 Å². The SMILES string of the molecule is Nc1cc2c(cc1OCCNc1ccc(CCO)cc1)[nH]c1ccccc12. The molecule has 0 aliphatic rings. The molecule has 5 heteroatoms. The second-order valence-electron chi connectivity index (χ2n) is 6.55. The van der Waals surface area contributed by atoms with Crippen molar-refractivity contribution in [3.8, 4) is 5.75 Å². The van der Waals surface area contributed by atoms with Gasteiger partial charge in [0.25, 0.3) is 0 Å². The summed E-state index contributed by atoms with van der Waals surface area (Å²) in [4.78, 5) is 3.41. The fourth-order valence-corrected chi connectivity index (χ4v) is 3.29. The number of hydrogen-bond donors (Lipinski definition) is 4. The zero-order valence-corrected chi connectivity index (χ0v) is 15.0. The predicted molar refractivity (Wildman–Crippen MR) is 111 cm³/mol. The number of aliphatic hydroxyl groups is 1. The highest BCUT2D eigenvalue weighted by atomic mass is 16.5. The van der Waals surface area contributed by atoms with Crippen LogP contribution >= 0.6 is 0 Å². The quantitative estimate of drug-likeness (QED) is 0.297. The summed E-state index contributed by atoms with van der Waals surface area (Å²) in [5.74, 6) is 0.689. The third-order valence-corrected chi connectivity index (χ3v) is 4.68. The highest BCUT2D eigenvalue weighted by Crippen LogP contribution is 2.32. The van der Waals surface area contributed by atoms with E-state index in [-0.39, 0.29) is 6.61 Å². The molecule has 0 saturated carbocycles. The van der Waals surface area contributed by atoms with E-state index in [1.54, 1.807) is 0 Å². The topological polar surface area (TPSA) is 83.3 Å². The number of benzene rings is 3. The molecule has 0 aliphatic carbocycles. The Labute approximate surface area is 157 Å². The molecule has 0 bridgehead atoms. The first kappa shape index (κ1) is 17.2. The molecule has 0 aliphatic heterocycles. The summed E-state index contributed by atoms with van der Waals surface area (Å²) in [6.07, 6.45) is 0.679. The van der Waals surface area contributed by atoms with Gasteiger partial charge >= 0.3 is 0 Å². The Morgan fingerprint density at radius 2 is 1.78 bits per heavy atom. The molecule has 5 nitrogen and oxygen atoms in total. The molecule has 0 saturated heterocycles. The van der Waals surface area contributed by atoms with E-state index in [1.165, 1.54) is 0 Å². The van der Waals surface area contributed by atoms with Crippen LogP contribution in [0.15, 0.2) is 60.7 Å². The Balaban J connectivity index is 1.40. The van der Waals surface area contributed by atoms with Crippen molar-refractivity contribution in [3.63, 3.8) is 0 Å². The second kappa shape index (κ2) is 7.60. The van der Waals surface area contributed by atoms with Crippen molar-refractivity contribution in [2.45, 2.75) is 6.42 Å². The van der Waals surface area contributed by atoms with Gasteiger partial charge in [0.15, 0.2) is 0 Å².